The van der Waals surface area contributed by atoms with E-state index in [1.54, 1.807) is 32.0 Å². The summed E-state index contributed by atoms with van der Waals surface area (Å²) in [4.78, 5) is 0. The van der Waals surface area contributed by atoms with Crippen molar-refractivity contribution < 1.29 is 10.2 Å². The number of aryl methyl sites for hydroxylation is 1. The van der Waals surface area contributed by atoms with E-state index in [2.05, 4.69) is 0 Å². The third-order valence-electron chi connectivity index (χ3n) is 2.07. The lowest BCUT2D eigenvalue weighted by molar-refractivity contribution is 0.153. The van der Waals surface area contributed by atoms with Gasteiger partial charge in [0, 0.05) is 6.04 Å². The standard InChI is InChI=1S/C10H15NO2/c1-6-3-4-8(5-9(6)12)10(13)7(2)11/h3-5,7,10,12-13H,11H2,1-2H3/t7-,10-/m1/s1. The Morgan fingerprint density at radius 2 is 2.00 bits per heavy atom. The number of aliphatic hydroxyl groups is 1. The van der Waals surface area contributed by atoms with Crippen molar-refractivity contribution in [3.05, 3.63) is 29.3 Å². The molecule has 2 atom stereocenters. The molecule has 0 aromatic heterocycles. The number of phenolic OH excluding ortho intramolecular Hbond substituents is 1. The maximum atomic E-state index is 9.58. The van der Waals surface area contributed by atoms with Crippen LogP contribution in [0.1, 0.15) is 24.2 Å². The van der Waals surface area contributed by atoms with Crippen molar-refractivity contribution in [1.82, 2.24) is 0 Å². The van der Waals surface area contributed by atoms with Gasteiger partial charge < -0.3 is 15.9 Å². The molecule has 0 saturated carbocycles. The average molecular weight is 181 g/mol. The van der Waals surface area contributed by atoms with E-state index in [9.17, 15) is 10.2 Å². The average Bonchev–Trinajstić information content (AvgIpc) is 2.08. The Balaban J connectivity index is 2.97. The molecule has 3 nitrogen and oxygen atoms in total. The second-order valence-electron chi connectivity index (χ2n) is 3.35. The molecule has 0 saturated heterocycles. The van der Waals surface area contributed by atoms with Crippen LogP contribution in [0.15, 0.2) is 18.2 Å². The molecule has 0 aliphatic carbocycles. The SMILES string of the molecule is Cc1ccc([C@H](O)[C@@H](C)N)cc1O. The van der Waals surface area contributed by atoms with E-state index >= 15 is 0 Å². The van der Waals surface area contributed by atoms with Crippen LogP contribution in [-0.2, 0) is 0 Å². The zero-order chi connectivity index (χ0) is 10.0. The van der Waals surface area contributed by atoms with Gasteiger partial charge in [-0.25, -0.2) is 0 Å². The summed E-state index contributed by atoms with van der Waals surface area (Å²) in [6.45, 7) is 3.53. The number of nitrogens with two attached hydrogens (primary N) is 1. The number of aliphatic hydroxyl groups excluding tert-OH is 1. The van der Waals surface area contributed by atoms with Crippen molar-refractivity contribution >= 4 is 0 Å². The highest BCUT2D eigenvalue weighted by Crippen LogP contribution is 2.23. The lowest BCUT2D eigenvalue weighted by atomic mass is 10.0. The highest BCUT2D eigenvalue weighted by Gasteiger charge is 2.12. The quantitative estimate of drug-likeness (QED) is 0.639. The van der Waals surface area contributed by atoms with E-state index in [-0.39, 0.29) is 11.8 Å². The van der Waals surface area contributed by atoms with Crippen LogP contribution in [0.2, 0.25) is 0 Å². The predicted octanol–water partition coefficient (Wildman–Crippen LogP) is 1.08. The minimum Gasteiger partial charge on any atom is -0.508 e. The Labute approximate surface area is 77.8 Å². The largest absolute Gasteiger partial charge is 0.508 e. The number of phenols is 1. The van der Waals surface area contributed by atoms with E-state index < -0.39 is 6.10 Å². The number of rotatable bonds is 2. The van der Waals surface area contributed by atoms with Gasteiger partial charge in [0.2, 0.25) is 0 Å². The molecule has 0 aliphatic rings. The highest BCUT2D eigenvalue weighted by molar-refractivity contribution is 5.36. The fraction of sp³-hybridized carbons (Fsp3) is 0.400. The van der Waals surface area contributed by atoms with Crippen LogP contribution in [0.3, 0.4) is 0 Å². The van der Waals surface area contributed by atoms with Gasteiger partial charge in [-0.15, -0.1) is 0 Å². The van der Waals surface area contributed by atoms with E-state index in [4.69, 9.17) is 5.73 Å². The lowest BCUT2D eigenvalue weighted by Gasteiger charge is -2.15. The van der Waals surface area contributed by atoms with E-state index in [1.165, 1.54) is 0 Å². The molecule has 1 rings (SSSR count). The van der Waals surface area contributed by atoms with Crippen molar-refractivity contribution in [3.63, 3.8) is 0 Å². The molecular weight excluding hydrogens is 166 g/mol. The minimum atomic E-state index is -0.716. The molecule has 0 aliphatic heterocycles. The van der Waals surface area contributed by atoms with Gasteiger partial charge in [0.15, 0.2) is 0 Å². The molecule has 0 bridgehead atoms. The first-order valence-electron chi connectivity index (χ1n) is 4.25. The Bertz CT molecular complexity index is 297. The van der Waals surface area contributed by atoms with Crippen LogP contribution < -0.4 is 5.73 Å². The van der Waals surface area contributed by atoms with Gasteiger partial charge in [0.25, 0.3) is 0 Å². The number of hydrogen-bond acceptors (Lipinski definition) is 3. The fourth-order valence-electron chi connectivity index (χ4n) is 1.11. The van der Waals surface area contributed by atoms with Crippen molar-refractivity contribution in [3.8, 4) is 5.75 Å². The molecule has 1 aromatic rings. The monoisotopic (exact) mass is 181 g/mol. The molecule has 0 unspecified atom stereocenters. The second-order valence-corrected chi connectivity index (χ2v) is 3.35. The van der Waals surface area contributed by atoms with Gasteiger partial charge in [-0.3, -0.25) is 0 Å². The zero-order valence-electron chi connectivity index (χ0n) is 7.86. The molecule has 72 valence electrons. The van der Waals surface area contributed by atoms with Crippen LogP contribution in [0, 0.1) is 6.92 Å². The van der Waals surface area contributed by atoms with E-state index in [0.717, 1.165) is 5.56 Å². The number of hydrogen-bond donors (Lipinski definition) is 3. The third kappa shape index (κ3) is 2.20. The van der Waals surface area contributed by atoms with Gasteiger partial charge in [-0.05, 0) is 31.0 Å². The fourth-order valence-corrected chi connectivity index (χ4v) is 1.11. The summed E-state index contributed by atoms with van der Waals surface area (Å²) < 4.78 is 0. The van der Waals surface area contributed by atoms with Gasteiger partial charge in [0.1, 0.15) is 5.75 Å². The molecule has 4 N–H and O–H groups in total. The van der Waals surface area contributed by atoms with E-state index in [1.807, 2.05) is 0 Å². The predicted molar refractivity (Wildman–Crippen MR) is 51.5 cm³/mol. The Morgan fingerprint density at radius 1 is 1.38 bits per heavy atom. The molecule has 3 heteroatoms. The van der Waals surface area contributed by atoms with Crippen molar-refractivity contribution in [1.29, 1.82) is 0 Å². The van der Waals surface area contributed by atoms with Crippen molar-refractivity contribution in [2.45, 2.75) is 26.0 Å². The first-order valence-corrected chi connectivity index (χ1v) is 4.25. The first-order chi connectivity index (χ1) is 6.02. The van der Waals surface area contributed by atoms with Crippen molar-refractivity contribution in [2.75, 3.05) is 0 Å². The van der Waals surface area contributed by atoms with Crippen LogP contribution >= 0.6 is 0 Å². The summed E-state index contributed by atoms with van der Waals surface area (Å²) >= 11 is 0. The second kappa shape index (κ2) is 3.77. The van der Waals surface area contributed by atoms with Crippen molar-refractivity contribution in [2.24, 2.45) is 5.73 Å². The Hall–Kier alpha value is -1.06. The summed E-state index contributed by atoms with van der Waals surface area (Å²) in [5, 5.41) is 19.0. The molecule has 0 amide bonds. The minimum absolute atomic E-state index is 0.192. The van der Waals surface area contributed by atoms with Gasteiger partial charge >= 0.3 is 0 Å². The smallest absolute Gasteiger partial charge is 0.118 e. The number of benzene rings is 1. The van der Waals surface area contributed by atoms with Gasteiger partial charge in [-0.2, -0.15) is 0 Å². The molecule has 0 heterocycles. The summed E-state index contributed by atoms with van der Waals surface area (Å²) in [5.74, 6) is 0.192. The van der Waals surface area contributed by atoms with Crippen LogP contribution in [0.4, 0.5) is 0 Å². The maximum absolute atomic E-state index is 9.58. The summed E-state index contributed by atoms with van der Waals surface area (Å²) in [7, 11) is 0. The lowest BCUT2D eigenvalue weighted by Crippen LogP contribution is -2.24. The van der Waals surface area contributed by atoms with Crippen LogP contribution in [0.25, 0.3) is 0 Å². The highest BCUT2D eigenvalue weighted by atomic mass is 16.3. The topological polar surface area (TPSA) is 66.5 Å². The van der Waals surface area contributed by atoms with Crippen LogP contribution in [0.5, 0.6) is 5.75 Å². The van der Waals surface area contributed by atoms with E-state index in [0.29, 0.717) is 5.56 Å². The molecule has 0 fully saturated rings. The third-order valence-corrected chi connectivity index (χ3v) is 2.07. The number of aromatic hydroxyl groups is 1. The van der Waals surface area contributed by atoms with Gasteiger partial charge in [0.05, 0.1) is 6.10 Å². The summed E-state index contributed by atoms with van der Waals surface area (Å²) in [6, 6.07) is 4.74. The zero-order valence-corrected chi connectivity index (χ0v) is 7.86. The van der Waals surface area contributed by atoms with Gasteiger partial charge in [-0.1, -0.05) is 12.1 Å². The van der Waals surface area contributed by atoms with Crippen LogP contribution in [-0.4, -0.2) is 16.3 Å². The molecule has 13 heavy (non-hydrogen) atoms. The Morgan fingerprint density at radius 3 is 2.46 bits per heavy atom. The molecule has 0 radical (unpaired) electrons. The normalized spacial score (nSPS) is 15.4. The molecular formula is C10H15NO2. The summed E-state index contributed by atoms with van der Waals surface area (Å²) in [6.07, 6.45) is -0.716. The molecule has 1 aromatic carbocycles. The first kappa shape index (κ1) is 10.0. The maximum Gasteiger partial charge on any atom is 0.118 e. The Kier molecular flexibility index (Phi) is 2.90. The molecule has 0 spiro atoms. The summed E-state index contributed by atoms with van der Waals surface area (Å²) in [5.41, 5.74) is 6.97.